The Morgan fingerprint density at radius 1 is 1.43 bits per heavy atom. The molecule has 1 aliphatic heterocycles. The average Bonchev–Trinajstić information content (AvgIpc) is 2.57. The first kappa shape index (κ1) is 11.2. The van der Waals surface area contributed by atoms with Crippen molar-refractivity contribution in [3.63, 3.8) is 0 Å². The van der Waals surface area contributed by atoms with E-state index in [0.717, 1.165) is 19.3 Å². The van der Waals surface area contributed by atoms with Gasteiger partial charge in [0.25, 0.3) is 5.78 Å². The van der Waals surface area contributed by atoms with Crippen LogP contribution in [0.2, 0.25) is 0 Å². The molecule has 2 atom stereocenters. The lowest BCUT2D eigenvalue weighted by atomic mass is 10.1. The maximum absolute atomic E-state index is 11.5. The van der Waals surface area contributed by atoms with E-state index in [1.54, 1.807) is 0 Å². The van der Waals surface area contributed by atoms with Gasteiger partial charge in [-0.2, -0.15) is 0 Å². The monoisotopic (exact) mass is 199 g/mol. The molecule has 0 radical (unpaired) electrons. The number of hydrogen-bond acceptors (Lipinski definition) is 4. The second-order valence-electron chi connectivity index (χ2n) is 3.68. The standard InChI is InChI=1S/C10H17NO3/c1-4-7-5-6-8(11(7)2)9(12)10(13)14-3/h7-8H,4-6H2,1-3H3. The van der Waals surface area contributed by atoms with Gasteiger partial charge in [0.15, 0.2) is 0 Å². The molecule has 80 valence electrons. The normalized spacial score (nSPS) is 27.6. The molecule has 14 heavy (non-hydrogen) atoms. The molecule has 0 aliphatic carbocycles. The number of carbonyl (C=O) groups is 2. The van der Waals surface area contributed by atoms with Gasteiger partial charge in [-0.15, -0.1) is 0 Å². The number of esters is 1. The van der Waals surface area contributed by atoms with Gasteiger partial charge >= 0.3 is 5.97 Å². The van der Waals surface area contributed by atoms with E-state index in [9.17, 15) is 9.59 Å². The third-order valence-corrected chi connectivity index (χ3v) is 3.00. The highest BCUT2D eigenvalue weighted by molar-refractivity contribution is 6.35. The molecular weight excluding hydrogens is 182 g/mol. The number of likely N-dealkylation sites (tertiary alicyclic amines) is 1. The largest absolute Gasteiger partial charge is 0.463 e. The van der Waals surface area contributed by atoms with Crippen LogP contribution in [-0.4, -0.2) is 42.9 Å². The SMILES string of the molecule is CCC1CCC(C(=O)C(=O)OC)N1C. The maximum atomic E-state index is 11.5. The van der Waals surface area contributed by atoms with Gasteiger partial charge in [0.1, 0.15) is 0 Å². The molecule has 1 heterocycles. The summed E-state index contributed by atoms with van der Waals surface area (Å²) in [7, 11) is 3.14. The molecule has 4 heteroatoms. The van der Waals surface area contributed by atoms with Crippen molar-refractivity contribution >= 4 is 11.8 Å². The third-order valence-electron chi connectivity index (χ3n) is 3.00. The number of carbonyl (C=O) groups excluding carboxylic acids is 2. The molecule has 0 aromatic heterocycles. The molecule has 1 saturated heterocycles. The summed E-state index contributed by atoms with van der Waals surface area (Å²) in [6.45, 7) is 2.09. The zero-order chi connectivity index (χ0) is 10.7. The summed E-state index contributed by atoms with van der Waals surface area (Å²) in [6, 6.07) is 0.154. The maximum Gasteiger partial charge on any atom is 0.376 e. The predicted octanol–water partition coefficient (Wildman–Crippen LogP) is 0.601. The van der Waals surface area contributed by atoms with E-state index >= 15 is 0 Å². The predicted molar refractivity (Wildman–Crippen MR) is 51.9 cm³/mol. The average molecular weight is 199 g/mol. The van der Waals surface area contributed by atoms with Crippen molar-refractivity contribution in [2.24, 2.45) is 0 Å². The van der Waals surface area contributed by atoms with Crippen LogP contribution in [0.3, 0.4) is 0 Å². The Kier molecular flexibility index (Phi) is 3.63. The second-order valence-corrected chi connectivity index (χ2v) is 3.68. The van der Waals surface area contributed by atoms with E-state index in [4.69, 9.17) is 0 Å². The summed E-state index contributed by atoms with van der Waals surface area (Å²) in [4.78, 5) is 24.6. The van der Waals surface area contributed by atoms with Crippen molar-refractivity contribution in [2.75, 3.05) is 14.2 Å². The number of nitrogens with zero attached hydrogens (tertiary/aromatic N) is 1. The lowest BCUT2D eigenvalue weighted by Gasteiger charge is -2.22. The minimum atomic E-state index is -0.724. The number of ether oxygens (including phenoxy) is 1. The number of hydrogen-bond donors (Lipinski definition) is 0. The highest BCUT2D eigenvalue weighted by atomic mass is 16.5. The van der Waals surface area contributed by atoms with Crippen LogP contribution in [-0.2, 0) is 14.3 Å². The highest BCUT2D eigenvalue weighted by Gasteiger charge is 2.37. The summed E-state index contributed by atoms with van der Waals surface area (Å²) >= 11 is 0. The van der Waals surface area contributed by atoms with E-state index in [1.165, 1.54) is 7.11 Å². The van der Waals surface area contributed by atoms with Gasteiger partial charge in [0, 0.05) is 6.04 Å². The van der Waals surface area contributed by atoms with Crippen LogP contribution >= 0.6 is 0 Å². The van der Waals surface area contributed by atoms with Crippen molar-refractivity contribution in [2.45, 2.75) is 38.3 Å². The van der Waals surface area contributed by atoms with Crippen molar-refractivity contribution in [3.05, 3.63) is 0 Å². The Hall–Kier alpha value is -0.900. The summed E-state index contributed by atoms with van der Waals surface area (Å²) in [5.74, 6) is -1.13. The van der Waals surface area contributed by atoms with E-state index in [2.05, 4.69) is 11.7 Å². The second kappa shape index (κ2) is 4.55. The molecule has 0 amide bonds. The van der Waals surface area contributed by atoms with E-state index in [-0.39, 0.29) is 6.04 Å². The Labute approximate surface area is 84.2 Å². The van der Waals surface area contributed by atoms with Crippen molar-refractivity contribution in [1.82, 2.24) is 4.90 Å². The highest BCUT2D eigenvalue weighted by Crippen LogP contribution is 2.24. The van der Waals surface area contributed by atoms with E-state index < -0.39 is 11.8 Å². The number of Topliss-reactive ketones (excluding diaryl/α,β-unsaturated/α-hetero) is 1. The van der Waals surface area contributed by atoms with Gasteiger partial charge in [-0.25, -0.2) is 4.79 Å². The van der Waals surface area contributed by atoms with Gasteiger partial charge < -0.3 is 4.74 Å². The van der Waals surface area contributed by atoms with Crippen LogP contribution in [0.15, 0.2) is 0 Å². The summed E-state index contributed by atoms with van der Waals surface area (Å²) < 4.78 is 4.43. The molecule has 4 nitrogen and oxygen atoms in total. The number of likely N-dealkylation sites (N-methyl/N-ethyl adjacent to an activating group) is 1. The van der Waals surface area contributed by atoms with Crippen molar-refractivity contribution in [1.29, 1.82) is 0 Å². The fourth-order valence-corrected chi connectivity index (χ4v) is 2.06. The van der Waals surface area contributed by atoms with Crippen LogP contribution in [0.4, 0.5) is 0 Å². The zero-order valence-corrected chi connectivity index (χ0v) is 8.95. The molecule has 2 unspecified atom stereocenters. The quantitative estimate of drug-likeness (QED) is 0.493. The minimum Gasteiger partial charge on any atom is -0.463 e. The molecule has 0 bridgehead atoms. The van der Waals surface area contributed by atoms with Crippen molar-refractivity contribution < 1.29 is 14.3 Å². The lowest BCUT2D eigenvalue weighted by Crippen LogP contribution is -2.41. The Balaban J connectivity index is 2.63. The van der Waals surface area contributed by atoms with Crippen LogP contribution in [0.1, 0.15) is 26.2 Å². The number of ketones is 1. The Bertz CT molecular complexity index is 240. The molecule has 0 spiro atoms. The molecule has 0 N–H and O–H groups in total. The fourth-order valence-electron chi connectivity index (χ4n) is 2.06. The Morgan fingerprint density at radius 2 is 2.07 bits per heavy atom. The molecular formula is C10H17NO3. The van der Waals surface area contributed by atoms with Crippen LogP contribution in [0.5, 0.6) is 0 Å². The molecule has 0 aromatic rings. The van der Waals surface area contributed by atoms with Crippen LogP contribution in [0.25, 0.3) is 0 Å². The van der Waals surface area contributed by atoms with Crippen LogP contribution < -0.4 is 0 Å². The topological polar surface area (TPSA) is 46.6 Å². The minimum absolute atomic E-state index is 0.271. The first-order valence-electron chi connectivity index (χ1n) is 4.95. The Morgan fingerprint density at radius 3 is 2.50 bits per heavy atom. The zero-order valence-electron chi connectivity index (χ0n) is 8.95. The molecule has 0 aromatic carbocycles. The molecule has 1 rings (SSSR count). The van der Waals surface area contributed by atoms with Gasteiger partial charge in [-0.3, -0.25) is 9.69 Å². The summed E-state index contributed by atoms with van der Waals surface area (Å²) in [6.07, 6.45) is 2.77. The van der Waals surface area contributed by atoms with Crippen LogP contribution in [0, 0.1) is 0 Å². The number of methoxy groups -OCH3 is 1. The van der Waals surface area contributed by atoms with Gasteiger partial charge in [0.05, 0.1) is 13.2 Å². The van der Waals surface area contributed by atoms with Gasteiger partial charge in [-0.1, -0.05) is 6.92 Å². The number of rotatable bonds is 3. The van der Waals surface area contributed by atoms with Crippen molar-refractivity contribution in [3.8, 4) is 0 Å². The van der Waals surface area contributed by atoms with Gasteiger partial charge in [0.2, 0.25) is 0 Å². The molecule has 1 aliphatic rings. The first-order chi connectivity index (χ1) is 6.61. The van der Waals surface area contributed by atoms with Gasteiger partial charge in [-0.05, 0) is 26.3 Å². The third kappa shape index (κ3) is 1.95. The van der Waals surface area contributed by atoms with E-state index in [1.807, 2.05) is 11.9 Å². The summed E-state index contributed by atoms with van der Waals surface area (Å²) in [5.41, 5.74) is 0. The molecule has 0 saturated carbocycles. The lowest BCUT2D eigenvalue weighted by molar-refractivity contribution is -0.153. The van der Waals surface area contributed by atoms with E-state index in [0.29, 0.717) is 6.04 Å². The first-order valence-corrected chi connectivity index (χ1v) is 4.95. The smallest absolute Gasteiger partial charge is 0.376 e. The fraction of sp³-hybridized carbons (Fsp3) is 0.800. The summed E-state index contributed by atoms with van der Waals surface area (Å²) in [5, 5.41) is 0. The molecule has 1 fully saturated rings.